The number of hydrogen-bond acceptors (Lipinski definition) is 3. The van der Waals surface area contributed by atoms with Crippen molar-refractivity contribution in [2.75, 3.05) is 19.6 Å². The molecule has 3 fully saturated rings. The van der Waals surface area contributed by atoms with E-state index in [0.29, 0.717) is 17.0 Å². The van der Waals surface area contributed by atoms with Crippen LogP contribution in [0.3, 0.4) is 0 Å². The van der Waals surface area contributed by atoms with Gasteiger partial charge in [0.25, 0.3) is 0 Å². The highest BCUT2D eigenvalue weighted by atomic mass is 19.1. The highest BCUT2D eigenvalue weighted by Gasteiger charge is 2.42. The molecule has 2 bridgehead atoms. The summed E-state index contributed by atoms with van der Waals surface area (Å²) in [6, 6.07) is 9.13. The Balaban J connectivity index is 1.37. The predicted molar refractivity (Wildman–Crippen MR) is 115 cm³/mol. The van der Waals surface area contributed by atoms with Crippen molar-refractivity contribution in [1.82, 2.24) is 10.2 Å². The molecule has 3 aliphatic heterocycles. The molecule has 4 nitrogen and oxygen atoms in total. The first-order chi connectivity index (χ1) is 14.8. The standard InChI is InChI=1S/C25H28F2N2O2/c1-25(2)13-17-4-3-16(19-6-5-18(26)12-21(19)27)11-20(17)23(25)28-24(30)31-22-14-29-9-7-15(22)8-10-29/h3-6,11-12,15,22-23H,7-10,13-14H2,1-2H3,(H,28,30)/t22-,23?/m1/s1. The SMILES string of the molecule is CC1(C)Cc2ccc(-c3ccc(F)cc3F)cc2C1NC(=O)O[C@@H]1CN2CCC1CC2. The molecule has 6 heteroatoms. The molecule has 0 saturated carbocycles. The van der Waals surface area contributed by atoms with E-state index in [4.69, 9.17) is 4.74 Å². The third-order valence-electron chi connectivity index (χ3n) is 7.24. The first kappa shape index (κ1) is 20.4. The summed E-state index contributed by atoms with van der Waals surface area (Å²) in [7, 11) is 0. The molecule has 1 amide bonds. The van der Waals surface area contributed by atoms with Crippen LogP contribution in [0.5, 0.6) is 0 Å². The molecule has 0 spiro atoms. The minimum atomic E-state index is -0.599. The van der Waals surface area contributed by atoms with Crippen molar-refractivity contribution in [2.24, 2.45) is 11.3 Å². The average Bonchev–Trinajstić information content (AvgIpc) is 2.98. The van der Waals surface area contributed by atoms with Crippen molar-refractivity contribution in [1.29, 1.82) is 0 Å². The molecule has 3 saturated heterocycles. The largest absolute Gasteiger partial charge is 0.445 e. The lowest BCUT2D eigenvalue weighted by Gasteiger charge is -2.44. The molecule has 1 unspecified atom stereocenters. The number of nitrogens with zero attached hydrogens (tertiary/aromatic N) is 1. The van der Waals surface area contributed by atoms with E-state index in [1.165, 1.54) is 12.1 Å². The lowest BCUT2D eigenvalue weighted by atomic mass is 9.85. The number of ether oxygens (including phenoxy) is 1. The van der Waals surface area contributed by atoms with Crippen molar-refractivity contribution in [3.63, 3.8) is 0 Å². The second kappa shape index (κ2) is 7.59. The molecule has 2 aromatic rings. The third kappa shape index (κ3) is 3.82. The van der Waals surface area contributed by atoms with E-state index in [9.17, 15) is 13.6 Å². The molecule has 1 N–H and O–H groups in total. The number of alkyl carbamates (subject to hydrolysis) is 1. The van der Waals surface area contributed by atoms with Crippen molar-refractivity contribution >= 4 is 6.09 Å². The first-order valence-corrected chi connectivity index (χ1v) is 11.1. The smallest absolute Gasteiger partial charge is 0.407 e. The minimum Gasteiger partial charge on any atom is -0.445 e. The van der Waals surface area contributed by atoms with E-state index in [2.05, 4.69) is 24.1 Å². The Hall–Kier alpha value is -2.47. The molecular weight excluding hydrogens is 398 g/mol. The maximum Gasteiger partial charge on any atom is 0.407 e. The van der Waals surface area contributed by atoms with Crippen LogP contribution in [-0.4, -0.2) is 36.7 Å². The molecule has 2 aromatic carbocycles. The second-order valence-electron chi connectivity index (χ2n) is 9.86. The van der Waals surface area contributed by atoms with Crippen LogP contribution in [0, 0.1) is 23.0 Å². The molecular formula is C25H28F2N2O2. The summed E-state index contributed by atoms with van der Waals surface area (Å²) in [4.78, 5) is 15.2. The van der Waals surface area contributed by atoms with Crippen LogP contribution in [0.15, 0.2) is 36.4 Å². The van der Waals surface area contributed by atoms with Crippen LogP contribution in [-0.2, 0) is 11.2 Å². The topological polar surface area (TPSA) is 41.6 Å². The fraction of sp³-hybridized carbons (Fsp3) is 0.480. The Morgan fingerprint density at radius 2 is 1.90 bits per heavy atom. The average molecular weight is 427 g/mol. The molecule has 6 rings (SSSR count). The van der Waals surface area contributed by atoms with E-state index < -0.39 is 11.6 Å². The lowest BCUT2D eigenvalue weighted by molar-refractivity contribution is -0.0348. The van der Waals surface area contributed by atoms with Crippen LogP contribution in [0.2, 0.25) is 0 Å². The van der Waals surface area contributed by atoms with Gasteiger partial charge in [-0.05, 0) is 78.6 Å². The molecule has 0 radical (unpaired) electrons. The van der Waals surface area contributed by atoms with Crippen molar-refractivity contribution < 1.29 is 18.3 Å². The number of carbonyl (C=O) groups is 1. The number of amides is 1. The zero-order chi connectivity index (χ0) is 21.8. The highest BCUT2D eigenvalue weighted by molar-refractivity contribution is 5.70. The van der Waals surface area contributed by atoms with Gasteiger partial charge >= 0.3 is 6.09 Å². The highest BCUT2D eigenvalue weighted by Crippen LogP contribution is 2.46. The van der Waals surface area contributed by atoms with Crippen LogP contribution in [0.1, 0.15) is 43.9 Å². The quantitative estimate of drug-likeness (QED) is 0.745. The fourth-order valence-electron chi connectivity index (χ4n) is 5.54. The molecule has 31 heavy (non-hydrogen) atoms. The zero-order valence-electron chi connectivity index (χ0n) is 18.0. The third-order valence-corrected chi connectivity index (χ3v) is 7.24. The van der Waals surface area contributed by atoms with Gasteiger partial charge in [-0.25, -0.2) is 13.6 Å². The summed E-state index contributed by atoms with van der Waals surface area (Å²) >= 11 is 0. The van der Waals surface area contributed by atoms with Gasteiger partial charge in [-0.3, -0.25) is 4.90 Å². The Labute approximate surface area is 181 Å². The van der Waals surface area contributed by atoms with E-state index in [1.54, 1.807) is 0 Å². The van der Waals surface area contributed by atoms with Gasteiger partial charge < -0.3 is 10.1 Å². The molecule has 3 heterocycles. The number of hydrogen-bond donors (Lipinski definition) is 1. The van der Waals surface area contributed by atoms with Crippen molar-refractivity contribution in [2.45, 2.75) is 45.3 Å². The van der Waals surface area contributed by atoms with Crippen molar-refractivity contribution in [3.05, 3.63) is 59.2 Å². The van der Waals surface area contributed by atoms with Gasteiger partial charge in [0, 0.05) is 18.2 Å². The Kier molecular flexibility index (Phi) is 5.00. The van der Waals surface area contributed by atoms with Gasteiger partial charge in [-0.1, -0.05) is 26.0 Å². The first-order valence-electron chi connectivity index (χ1n) is 11.1. The number of fused-ring (bicyclic) bond motifs is 4. The van der Waals surface area contributed by atoms with Gasteiger partial charge in [0.15, 0.2) is 0 Å². The maximum absolute atomic E-state index is 14.3. The van der Waals surface area contributed by atoms with E-state index in [1.807, 2.05) is 18.2 Å². The summed E-state index contributed by atoms with van der Waals surface area (Å²) in [5.41, 5.74) is 2.92. The number of carbonyl (C=O) groups excluding carboxylic acids is 1. The monoisotopic (exact) mass is 426 g/mol. The van der Waals surface area contributed by atoms with Crippen LogP contribution in [0.4, 0.5) is 13.6 Å². The van der Waals surface area contributed by atoms with Crippen LogP contribution < -0.4 is 5.32 Å². The summed E-state index contributed by atoms with van der Waals surface area (Å²) in [6.45, 7) is 7.24. The number of nitrogens with one attached hydrogen (secondary N) is 1. The summed E-state index contributed by atoms with van der Waals surface area (Å²) in [5.74, 6) is -0.741. The predicted octanol–water partition coefficient (Wildman–Crippen LogP) is 5.08. The van der Waals surface area contributed by atoms with Gasteiger partial charge in [-0.15, -0.1) is 0 Å². The zero-order valence-corrected chi connectivity index (χ0v) is 18.0. The van der Waals surface area contributed by atoms with Crippen LogP contribution in [0.25, 0.3) is 11.1 Å². The Bertz CT molecular complexity index is 1010. The van der Waals surface area contributed by atoms with Gasteiger partial charge in [0.1, 0.15) is 17.7 Å². The van der Waals surface area contributed by atoms with Gasteiger partial charge in [0.2, 0.25) is 0 Å². The Morgan fingerprint density at radius 1 is 1.13 bits per heavy atom. The summed E-state index contributed by atoms with van der Waals surface area (Å²) < 4.78 is 33.5. The minimum absolute atomic E-state index is 0.0499. The summed E-state index contributed by atoms with van der Waals surface area (Å²) in [5, 5.41) is 3.10. The Morgan fingerprint density at radius 3 is 2.58 bits per heavy atom. The summed E-state index contributed by atoms with van der Waals surface area (Å²) in [6.07, 6.45) is 2.54. The number of rotatable bonds is 3. The maximum atomic E-state index is 14.3. The number of halogens is 2. The van der Waals surface area contributed by atoms with Gasteiger partial charge in [-0.2, -0.15) is 0 Å². The number of piperidine rings is 3. The molecule has 2 atom stereocenters. The lowest BCUT2D eigenvalue weighted by Crippen LogP contribution is -2.53. The van der Waals surface area contributed by atoms with E-state index in [0.717, 1.165) is 56.1 Å². The normalized spacial score (nSPS) is 28.3. The fourth-order valence-corrected chi connectivity index (χ4v) is 5.54. The van der Waals surface area contributed by atoms with Gasteiger partial charge in [0.05, 0.1) is 6.04 Å². The molecule has 164 valence electrons. The molecule has 1 aliphatic carbocycles. The second-order valence-corrected chi connectivity index (χ2v) is 9.86. The molecule has 0 aromatic heterocycles. The molecule has 4 aliphatic rings. The van der Waals surface area contributed by atoms with Crippen molar-refractivity contribution in [3.8, 4) is 11.1 Å². The van der Waals surface area contributed by atoms with Crippen LogP contribution >= 0.6 is 0 Å². The van der Waals surface area contributed by atoms with E-state index in [-0.39, 0.29) is 23.7 Å². The van der Waals surface area contributed by atoms with E-state index >= 15 is 0 Å². The number of benzene rings is 2.